The molecule has 0 radical (unpaired) electrons. The monoisotopic (exact) mass is 265 g/mol. The molecule has 104 valence electrons. The van der Waals surface area contributed by atoms with Gasteiger partial charge < -0.3 is 15.3 Å². The molecule has 0 bridgehead atoms. The maximum absolute atomic E-state index is 12.1. The highest BCUT2D eigenvalue weighted by molar-refractivity contribution is 5.79. The number of likely N-dealkylation sites (tertiary alicyclic amines) is 1. The van der Waals surface area contributed by atoms with E-state index in [0.717, 1.165) is 19.3 Å². The van der Waals surface area contributed by atoms with E-state index < -0.39 is 11.4 Å². The molecule has 0 aromatic heterocycles. The van der Waals surface area contributed by atoms with Gasteiger partial charge in [0, 0.05) is 19.1 Å². The van der Waals surface area contributed by atoms with Crippen molar-refractivity contribution in [2.24, 2.45) is 11.3 Å². The third-order valence-corrected chi connectivity index (χ3v) is 4.27. The van der Waals surface area contributed by atoms with Crippen LogP contribution in [0.25, 0.3) is 0 Å². The van der Waals surface area contributed by atoms with Gasteiger partial charge in [-0.25, -0.2) is 4.79 Å². The molecule has 3 unspecified atom stereocenters. The summed E-state index contributed by atoms with van der Waals surface area (Å²) in [6.45, 7) is 2.35. The summed E-state index contributed by atoms with van der Waals surface area (Å²) in [5, 5.41) is 21.0. The maximum atomic E-state index is 12.1. The molecule has 1 heterocycles. The summed E-state index contributed by atoms with van der Waals surface area (Å²) in [5.74, 6) is -0.976. The van der Waals surface area contributed by atoms with Crippen molar-refractivity contribution < 1.29 is 14.7 Å². The average molecular weight is 265 g/mol. The van der Waals surface area contributed by atoms with Crippen LogP contribution < -0.4 is 5.32 Å². The van der Waals surface area contributed by atoms with Gasteiger partial charge in [0.1, 0.15) is 0 Å². The normalized spacial score (nSPS) is 34.0. The number of nitrogens with one attached hydrogen (secondary N) is 1. The van der Waals surface area contributed by atoms with E-state index in [1.165, 1.54) is 0 Å². The zero-order valence-corrected chi connectivity index (χ0v) is 11.1. The van der Waals surface area contributed by atoms with Gasteiger partial charge in [0.2, 0.25) is 0 Å². The number of carboxylic acid groups (broad SMARTS) is 1. The summed E-state index contributed by atoms with van der Waals surface area (Å²) < 4.78 is 0. The lowest BCUT2D eigenvalue weighted by molar-refractivity contribution is -0.146. The Labute approximate surface area is 112 Å². The Balaban J connectivity index is 1.92. The third kappa shape index (κ3) is 2.65. The van der Waals surface area contributed by atoms with Crippen LogP contribution in [0.4, 0.5) is 4.79 Å². The van der Waals surface area contributed by atoms with Gasteiger partial charge in [0.05, 0.1) is 17.4 Å². The van der Waals surface area contributed by atoms with E-state index in [1.54, 1.807) is 11.8 Å². The Morgan fingerprint density at radius 2 is 2.21 bits per heavy atom. The van der Waals surface area contributed by atoms with E-state index in [4.69, 9.17) is 10.4 Å². The lowest BCUT2D eigenvalue weighted by Gasteiger charge is -2.23. The van der Waals surface area contributed by atoms with Gasteiger partial charge in [-0.05, 0) is 32.6 Å². The zero-order valence-electron chi connectivity index (χ0n) is 11.1. The molecule has 3 atom stereocenters. The molecule has 2 amide bonds. The van der Waals surface area contributed by atoms with Gasteiger partial charge >= 0.3 is 12.0 Å². The number of carboxylic acids is 1. The molecular formula is C13H19N3O3. The van der Waals surface area contributed by atoms with Crippen LogP contribution in [0.5, 0.6) is 0 Å². The number of carbonyl (C=O) groups is 2. The van der Waals surface area contributed by atoms with Crippen LogP contribution in [0.1, 0.15) is 32.6 Å². The molecule has 1 aliphatic heterocycles. The zero-order chi connectivity index (χ0) is 14.0. The summed E-state index contributed by atoms with van der Waals surface area (Å²) in [4.78, 5) is 24.8. The van der Waals surface area contributed by atoms with Gasteiger partial charge in [-0.15, -0.1) is 0 Å². The van der Waals surface area contributed by atoms with Crippen LogP contribution in [0, 0.1) is 22.7 Å². The van der Waals surface area contributed by atoms with Gasteiger partial charge in [0.25, 0.3) is 0 Å². The summed E-state index contributed by atoms with van der Waals surface area (Å²) in [6, 6.07) is 1.89. The number of nitrogens with zero attached hydrogens (tertiary/aromatic N) is 2. The van der Waals surface area contributed by atoms with Crippen LogP contribution in [0.15, 0.2) is 0 Å². The lowest BCUT2D eigenvalue weighted by atomic mass is 9.90. The molecule has 1 aliphatic carbocycles. The number of urea groups is 1. The van der Waals surface area contributed by atoms with E-state index in [1.807, 2.05) is 0 Å². The maximum Gasteiger partial charge on any atom is 0.317 e. The number of amides is 2. The van der Waals surface area contributed by atoms with Crippen molar-refractivity contribution in [3.63, 3.8) is 0 Å². The number of rotatable bonds is 2. The van der Waals surface area contributed by atoms with Crippen molar-refractivity contribution in [1.29, 1.82) is 5.26 Å². The molecule has 19 heavy (non-hydrogen) atoms. The number of hydrogen-bond acceptors (Lipinski definition) is 3. The molecule has 2 N–H and O–H groups in total. The summed E-state index contributed by atoms with van der Waals surface area (Å²) in [5.41, 5.74) is -0.846. The fourth-order valence-electron chi connectivity index (χ4n) is 2.85. The molecule has 2 rings (SSSR count). The van der Waals surface area contributed by atoms with E-state index in [9.17, 15) is 9.59 Å². The number of aliphatic carboxylic acids is 1. The SMILES string of the molecule is CC1(C(=O)O)CCN(C(=O)NC2CCCC2C#N)C1. The molecule has 1 saturated carbocycles. The highest BCUT2D eigenvalue weighted by Crippen LogP contribution is 2.31. The van der Waals surface area contributed by atoms with Crippen LogP contribution in [-0.2, 0) is 4.79 Å². The number of carbonyl (C=O) groups excluding carboxylic acids is 1. The largest absolute Gasteiger partial charge is 0.481 e. The predicted octanol–water partition coefficient (Wildman–Crippen LogP) is 1.18. The predicted molar refractivity (Wildman–Crippen MR) is 67.2 cm³/mol. The van der Waals surface area contributed by atoms with Crippen LogP contribution in [0.3, 0.4) is 0 Å². The average Bonchev–Trinajstić information content (AvgIpc) is 2.96. The first-order valence-corrected chi connectivity index (χ1v) is 6.65. The smallest absolute Gasteiger partial charge is 0.317 e. The van der Waals surface area contributed by atoms with Crippen LogP contribution in [0.2, 0.25) is 0 Å². The lowest BCUT2D eigenvalue weighted by Crippen LogP contribution is -2.46. The second-order valence-electron chi connectivity index (χ2n) is 5.76. The first kappa shape index (κ1) is 13.7. The third-order valence-electron chi connectivity index (χ3n) is 4.27. The van der Waals surface area contributed by atoms with Crippen molar-refractivity contribution in [1.82, 2.24) is 10.2 Å². The van der Waals surface area contributed by atoms with Gasteiger partial charge in [-0.3, -0.25) is 4.79 Å². The van der Waals surface area contributed by atoms with Crippen LogP contribution >= 0.6 is 0 Å². The molecular weight excluding hydrogens is 246 g/mol. The van der Waals surface area contributed by atoms with Crippen LogP contribution in [-0.4, -0.2) is 41.1 Å². The minimum Gasteiger partial charge on any atom is -0.481 e. The molecule has 2 fully saturated rings. The van der Waals surface area contributed by atoms with Gasteiger partial charge in [-0.1, -0.05) is 0 Å². The molecule has 1 saturated heterocycles. The highest BCUT2D eigenvalue weighted by Gasteiger charge is 2.42. The molecule has 0 spiro atoms. The van der Waals surface area contributed by atoms with E-state index in [2.05, 4.69) is 11.4 Å². The summed E-state index contributed by atoms with van der Waals surface area (Å²) in [7, 11) is 0. The first-order valence-electron chi connectivity index (χ1n) is 6.65. The van der Waals surface area contributed by atoms with Crippen molar-refractivity contribution in [3.05, 3.63) is 0 Å². The Morgan fingerprint density at radius 1 is 1.47 bits per heavy atom. The molecule has 0 aromatic rings. The van der Waals surface area contributed by atoms with Crippen molar-refractivity contribution >= 4 is 12.0 Å². The van der Waals surface area contributed by atoms with Crippen molar-refractivity contribution in [2.75, 3.05) is 13.1 Å². The summed E-state index contributed by atoms with van der Waals surface area (Å²) >= 11 is 0. The van der Waals surface area contributed by atoms with E-state index >= 15 is 0 Å². The van der Waals surface area contributed by atoms with Crippen molar-refractivity contribution in [2.45, 2.75) is 38.6 Å². The first-order chi connectivity index (χ1) is 8.96. The summed E-state index contributed by atoms with van der Waals surface area (Å²) in [6.07, 6.45) is 3.08. The fourth-order valence-corrected chi connectivity index (χ4v) is 2.85. The number of hydrogen-bond donors (Lipinski definition) is 2. The Morgan fingerprint density at radius 3 is 2.79 bits per heavy atom. The molecule has 6 heteroatoms. The molecule has 0 aromatic carbocycles. The van der Waals surface area contributed by atoms with E-state index in [-0.39, 0.29) is 24.5 Å². The number of nitriles is 1. The second kappa shape index (κ2) is 5.08. The molecule has 2 aliphatic rings. The second-order valence-corrected chi connectivity index (χ2v) is 5.76. The quantitative estimate of drug-likeness (QED) is 0.784. The molecule has 6 nitrogen and oxygen atoms in total. The Hall–Kier alpha value is -1.77. The fraction of sp³-hybridized carbons (Fsp3) is 0.769. The van der Waals surface area contributed by atoms with Crippen molar-refractivity contribution in [3.8, 4) is 6.07 Å². The Bertz CT molecular complexity index is 431. The van der Waals surface area contributed by atoms with Gasteiger partial charge in [-0.2, -0.15) is 5.26 Å². The minimum atomic E-state index is -0.862. The highest BCUT2D eigenvalue weighted by atomic mass is 16.4. The minimum absolute atomic E-state index is 0.0887. The standard InChI is InChI=1S/C13H19N3O3/c1-13(11(17)18)5-6-16(8-13)12(19)15-10-4-2-3-9(10)7-14/h9-10H,2-6,8H2,1H3,(H,15,19)(H,17,18). The topological polar surface area (TPSA) is 93.4 Å². The van der Waals surface area contributed by atoms with Gasteiger partial charge in [0.15, 0.2) is 0 Å². The Kier molecular flexibility index (Phi) is 3.65. The van der Waals surface area contributed by atoms with E-state index in [0.29, 0.717) is 13.0 Å².